The SMILES string of the molecule is CCCCN(CCCC)C(=O)n1cc(C(=O)N[C@@H](Cc2ccccc2)[C@H](O)CNCc2cccc(OC)c2)c2ccccc21. The summed E-state index contributed by atoms with van der Waals surface area (Å²) in [6.07, 6.45) is 5.08. The maximum atomic E-state index is 13.9. The van der Waals surface area contributed by atoms with E-state index in [1.807, 2.05) is 83.8 Å². The van der Waals surface area contributed by atoms with Gasteiger partial charge in [0.25, 0.3) is 5.91 Å². The lowest BCUT2D eigenvalue weighted by Gasteiger charge is -2.25. The van der Waals surface area contributed by atoms with Crippen LogP contribution in [-0.4, -0.2) is 65.4 Å². The Morgan fingerprint density at radius 3 is 2.30 bits per heavy atom. The van der Waals surface area contributed by atoms with E-state index < -0.39 is 12.1 Å². The minimum absolute atomic E-state index is 0.121. The van der Waals surface area contributed by atoms with Crippen molar-refractivity contribution in [1.29, 1.82) is 0 Å². The van der Waals surface area contributed by atoms with Crippen LogP contribution in [0.4, 0.5) is 4.79 Å². The van der Waals surface area contributed by atoms with Crippen LogP contribution in [0.2, 0.25) is 0 Å². The molecule has 3 aromatic carbocycles. The number of aliphatic hydroxyl groups is 1. The number of unbranched alkanes of at least 4 members (excludes halogenated alkanes) is 2. The Balaban J connectivity index is 1.55. The van der Waals surface area contributed by atoms with Crippen LogP contribution in [-0.2, 0) is 13.0 Å². The van der Waals surface area contributed by atoms with Gasteiger partial charge in [0.1, 0.15) is 5.75 Å². The van der Waals surface area contributed by atoms with Crippen LogP contribution in [0.5, 0.6) is 5.75 Å². The van der Waals surface area contributed by atoms with Crippen molar-refractivity contribution in [3.8, 4) is 5.75 Å². The van der Waals surface area contributed by atoms with Gasteiger partial charge < -0.3 is 25.4 Å². The van der Waals surface area contributed by atoms with E-state index in [1.165, 1.54) is 0 Å². The number of carbonyl (C=O) groups excluding carboxylic acids is 2. The van der Waals surface area contributed by atoms with E-state index >= 15 is 0 Å². The molecule has 0 aliphatic rings. The number of nitrogens with one attached hydrogen (secondary N) is 2. The molecule has 0 saturated heterocycles. The van der Waals surface area contributed by atoms with Gasteiger partial charge in [0.2, 0.25) is 0 Å². The van der Waals surface area contributed by atoms with Crippen LogP contribution in [0.1, 0.15) is 61.0 Å². The highest BCUT2D eigenvalue weighted by atomic mass is 16.5. The molecule has 4 aromatic rings. The molecule has 0 radical (unpaired) electrons. The van der Waals surface area contributed by atoms with Gasteiger partial charge in [-0.3, -0.25) is 9.36 Å². The summed E-state index contributed by atoms with van der Waals surface area (Å²) >= 11 is 0. The van der Waals surface area contributed by atoms with Gasteiger partial charge in [-0.05, 0) is 48.6 Å². The zero-order valence-electron chi connectivity index (χ0n) is 26.2. The van der Waals surface area contributed by atoms with Crippen LogP contribution in [0.25, 0.3) is 10.9 Å². The van der Waals surface area contributed by atoms with Gasteiger partial charge in [-0.15, -0.1) is 0 Å². The number of rotatable bonds is 16. The quantitative estimate of drug-likeness (QED) is 0.147. The number of nitrogens with zero attached hydrogens (tertiary/aromatic N) is 2. The Labute approximate surface area is 261 Å². The van der Waals surface area contributed by atoms with Crippen molar-refractivity contribution in [3.63, 3.8) is 0 Å². The molecule has 0 fully saturated rings. The lowest BCUT2D eigenvalue weighted by molar-refractivity contribution is 0.0831. The molecule has 44 heavy (non-hydrogen) atoms. The normalized spacial score (nSPS) is 12.5. The van der Waals surface area contributed by atoms with E-state index in [-0.39, 0.29) is 18.5 Å². The Hall–Kier alpha value is -4.14. The molecule has 0 spiro atoms. The average Bonchev–Trinajstić information content (AvgIpc) is 3.45. The minimum atomic E-state index is -0.863. The smallest absolute Gasteiger partial charge is 0.328 e. The first-order valence-electron chi connectivity index (χ1n) is 15.7. The van der Waals surface area contributed by atoms with E-state index in [1.54, 1.807) is 17.9 Å². The maximum Gasteiger partial charge on any atom is 0.328 e. The predicted octanol–water partition coefficient (Wildman–Crippen LogP) is 6.01. The van der Waals surface area contributed by atoms with Crippen molar-refractivity contribution in [1.82, 2.24) is 20.1 Å². The molecule has 0 aliphatic heterocycles. The molecule has 1 aromatic heterocycles. The molecule has 234 valence electrons. The fourth-order valence-electron chi connectivity index (χ4n) is 5.36. The number of para-hydroxylation sites is 1. The van der Waals surface area contributed by atoms with Gasteiger partial charge in [-0.2, -0.15) is 0 Å². The molecule has 8 nitrogen and oxygen atoms in total. The standard InChI is InChI=1S/C36H46N4O4/c1-4-6-20-39(21-7-5-2)36(43)40-26-31(30-18-11-12-19-33(30)40)35(42)38-32(23-27-14-9-8-10-15-27)34(41)25-37-24-28-16-13-17-29(22-28)44-3/h8-19,22,26,32,34,37,41H,4-7,20-21,23-25H2,1-3H3,(H,38,42)/t32-,34+/m0/s1. The zero-order chi connectivity index (χ0) is 31.3. The molecular formula is C36H46N4O4. The second-order valence-corrected chi connectivity index (χ2v) is 11.2. The van der Waals surface area contributed by atoms with E-state index in [9.17, 15) is 14.7 Å². The number of aromatic nitrogens is 1. The van der Waals surface area contributed by atoms with Gasteiger partial charge in [0.05, 0.1) is 30.3 Å². The van der Waals surface area contributed by atoms with E-state index in [0.29, 0.717) is 42.5 Å². The minimum Gasteiger partial charge on any atom is -0.497 e. The number of fused-ring (bicyclic) bond motifs is 1. The molecule has 0 aliphatic carbocycles. The molecule has 2 atom stereocenters. The van der Waals surface area contributed by atoms with Crippen molar-refractivity contribution in [2.24, 2.45) is 0 Å². The molecule has 0 bridgehead atoms. The van der Waals surface area contributed by atoms with Gasteiger partial charge in [0.15, 0.2) is 0 Å². The van der Waals surface area contributed by atoms with Gasteiger partial charge in [-0.1, -0.05) is 87.4 Å². The summed E-state index contributed by atoms with van der Waals surface area (Å²) in [5.74, 6) is 0.449. The number of hydrogen-bond donors (Lipinski definition) is 3. The highest BCUT2D eigenvalue weighted by Crippen LogP contribution is 2.23. The summed E-state index contributed by atoms with van der Waals surface area (Å²) in [4.78, 5) is 29.5. The summed E-state index contributed by atoms with van der Waals surface area (Å²) in [6, 6.07) is 24.4. The van der Waals surface area contributed by atoms with Crippen LogP contribution < -0.4 is 15.4 Å². The van der Waals surface area contributed by atoms with Crippen molar-refractivity contribution in [3.05, 3.63) is 102 Å². The van der Waals surface area contributed by atoms with E-state index in [4.69, 9.17) is 4.74 Å². The summed E-state index contributed by atoms with van der Waals surface area (Å²) in [5.41, 5.74) is 3.14. The lowest BCUT2D eigenvalue weighted by Crippen LogP contribution is -2.48. The maximum absolute atomic E-state index is 13.9. The third-order valence-corrected chi connectivity index (χ3v) is 7.89. The summed E-state index contributed by atoms with van der Waals surface area (Å²) in [6.45, 7) is 6.41. The second-order valence-electron chi connectivity index (χ2n) is 11.2. The number of hydrogen-bond acceptors (Lipinski definition) is 5. The molecule has 1 heterocycles. The van der Waals surface area contributed by atoms with Crippen molar-refractivity contribution >= 4 is 22.8 Å². The molecule has 0 unspecified atom stereocenters. The third-order valence-electron chi connectivity index (χ3n) is 7.89. The first-order chi connectivity index (χ1) is 21.4. The van der Waals surface area contributed by atoms with Crippen molar-refractivity contribution in [2.75, 3.05) is 26.7 Å². The molecular weight excluding hydrogens is 552 g/mol. The van der Waals surface area contributed by atoms with Crippen molar-refractivity contribution in [2.45, 2.75) is 64.6 Å². The average molecular weight is 599 g/mol. The second kappa shape index (κ2) is 16.6. The molecule has 8 heteroatoms. The van der Waals surface area contributed by atoms with Crippen LogP contribution in [0.15, 0.2) is 85.1 Å². The lowest BCUT2D eigenvalue weighted by atomic mass is 10.00. The predicted molar refractivity (Wildman–Crippen MR) is 176 cm³/mol. The fourth-order valence-corrected chi connectivity index (χ4v) is 5.36. The summed E-state index contributed by atoms with van der Waals surface area (Å²) < 4.78 is 6.92. The van der Waals surface area contributed by atoms with Gasteiger partial charge in [0, 0.05) is 37.8 Å². The van der Waals surface area contributed by atoms with Gasteiger partial charge in [-0.25, -0.2) is 4.79 Å². The number of benzene rings is 3. The number of aliphatic hydroxyl groups excluding tert-OH is 1. The van der Waals surface area contributed by atoms with Crippen LogP contribution in [0.3, 0.4) is 0 Å². The van der Waals surface area contributed by atoms with E-state index in [2.05, 4.69) is 24.5 Å². The third kappa shape index (κ3) is 8.71. The van der Waals surface area contributed by atoms with Crippen LogP contribution >= 0.6 is 0 Å². The van der Waals surface area contributed by atoms with Gasteiger partial charge >= 0.3 is 6.03 Å². The highest BCUT2D eigenvalue weighted by molar-refractivity contribution is 6.09. The summed E-state index contributed by atoms with van der Waals surface area (Å²) in [5, 5.41) is 18.4. The Morgan fingerprint density at radius 1 is 0.909 bits per heavy atom. The van der Waals surface area contributed by atoms with Crippen molar-refractivity contribution < 1.29 is 19.4 Å². The fraction of sp³-hybridized carbons (Fsp3) is 0.389. The topological polar surface area (TPSA) is 95.8 Å². The number of carbonyl (C=O) groups is 2. The Bertz CT molecular complexity index is 1480. The molecule has 4 rings (SSSR count). The Morgan fingerprint density at radius 2 is 1.59 bits per heavy atom. The highest BCUT2D eigenvalue weighted by Gasteiger charge is 2.26. The van der Waals surface area contributed by atoms with E-state index in [0.717, 1.165) is 42.6 Å². The largest absolute Gasteiger partial charge is 0.497 e. The number of amides is 2. The molecule has 2 amide bonds. The first-order valence-corrected chi connectivity index (χ1v) is 15.7. The first kappa shape index (κ1) is 32.8. The summed E-state index contributed by atoms with van der Waals surface area (Å²) in [7, 11) is 1.63. The monoisotopic (exact) mass is 598 g/mol. The molecule has 3 N–H and O–H groups in total. The number of methoxy groups -OCH3 is 1. The number of ether oxygens (including phenoxy) is 1. The van der Waals surface area contributed by atoms with Crippen LogP contribution in [0, 0.1) is 0 Å². The molecule has 0 saturated carbocycles. The Kier molecular flexibility index (Phi) is 12.4. The zero-order valence-corrected chi connectivity index (χ0v) is 26.2.